The molecule has 2 aromatic rings. The molecule has 136 valence electrons. The van der Waals surface area contributed by atoms with Gasteiger partial charge in [-0.15, -0.1) is 0 Å². The van der Waals surface area contributed by atoms with Crippen LogP contribution in [0.5, 0.6) is 0 Å². The zero-order valence-corrected chi connectivity index (χ0v) is 16.3. The van der Waals surface area contributed by atoms with E-state index in [0.29, 0.717) is 0 Å². The van der Waals surface area contributed by atoms with Gasteiger partial charge in [-0.2, -0.15) is 0 Å². The molecule has 1 aliphatic rings. The lowest BCUT2D eigenvalue weighted by atomic mass is 9.78. The van der Waals surface area contributed by atoms with Crippen molar-refractivity contribution >= 4 is 17.1 Å². The molecule has 4 nitrogen and oxygen atoms in total. The molecular formula is C22H28N4. The number of aryl methyl sites for hydroxylation is 2. The van der Waals surface area contributed by atoms with Crippen molar-refractivity contribution in [1.82, 2.24) is 9.97 Å². The molecule has 0 aliphatic carbocycles. The molecular weight excluding hydrogens is 320 g/mol. The minimum absolute atomic E-state index is 0.102. The van der Waals surface area contributed by atoms with E-state index in [1.807, 2.05) is 6.92 Å². The summed E-state index contributed by atoms with van der Waals surface area (Å²) in [6, 6.07) is 6.49. The van der Waals surface area contributed by atoms with Crippen molar-refractivity contribution < 1.29 is 0 Å². The van der Waals surface area contributed by atoms with Crippen LogP contribution in [0.2, 0.25) is 0 Å². The lowest BCUT2D eigenvalue weighted by Gasteiger charge is -2.35. The van der Waals surface area contributed by atoms with Crippen LogP contribution in [0.25, 0.3) is 5.70 Å². The maximum absolute atomic E-state index is 5.10. The summed E-state index contributed by atoms with van der Waals surface area (Å²) in [4.78, 5) is 13.8. The number of aliphatic imine (C=N–C) groups is 1. The first kappa shape index (κ1) is 18.3. The highest BCUT2D eigenvalue weighted by Gasteiger charge is 2.33. The first-order valence-electron chi connectivity index (χ1n) is 9.35. The summed E-state index contributed by atoms with van der Waals surface area (Å²) < 4.78 is 0. The second-order valence-corrected chi connectivity index (χ2v) is 7.26. The second-order valence-electron chi connectivity index (χ2n) is 7.26. The van der Waals surface area contributed by atoms with Crippen LogP contribution in [0.1, 0.15) is 62.0 Å². The fourth-order valence-electron chi connectivity index (χ4n) is 3.74. The Labute approximate surface area is 156 Å². The fourth-order valence-corrected chi connectivity index (χ4v) is 3.74. The van der Waals surface area contributed by atoms with Gasteiger partial charge in [-0.25, -0.2) is 0 Å². The Morgan fingerprint density at radius 1 is 1.19 bits per heavy atom. The van der Waals surface area contributed by atoms with Crippen molar-refractivity contribution in [2.24, 2.45) is 4.99 Å². The Balaban J connectivity index is 1.91. The summed E-state index contributed by atoms with van der Waals surface area (Å²) in [6.45, 7) is 12.6. The van der Waals surface area contributed by atoms with Gasteiger partial charge in [0.15, 0.2) is 0 Å². The highest BCUT2D eigenvalue weighted by molar-refractivity contribution is 5.83. The van der Waals surface area contributed by atoms with E-state index >= 15 is 0 Å². The summed E-state index contributed by atoms with van der Waals surface area (Å²) >= 11 is 0. The van der Waals surface area contributed by atoms with E-state index in [1.165, 1.54) is 23.3 Å². The van der Waals surface area contributed by atoms with Crippen molar-refractivity contribution in [2.75, 3.05) is 5.32 Å². The topological polar surface area (TPSA) is 50.2 Å². The smallest absolute Gasteiger partial charge is 0.104 e. The molecule has 0 bridgehead atoms. The molecule has 0 saturated carbocycles. The van der Waals surface area contributed by atoms with E-state index in [1.54, 1.807) is 12.4 Å². The summed E-state index contributed by atoms with van der Waals surface area (Å²) in [5.74, 6) is 0. The molecule has 0 amide bonds. The van der Waals surface area contributed by atoms with Gasteiger partial charge in [0.25, 0.3) is 0 Å². The van der Waals surface area contributed by atoms with E-state index < -0.39 is 0 Å². The molecule has 1 atom stereocenters. The monoisotopic (exact) mass is 348 g/mol. The van der Waals surface area contributed by atoms with E-state index in [0.717, 1.165) is 42.0 Å². The molecule has 1 aromatic heterocycles. The SMILES string of the molecule is C=C(Nc1ccc(C)c(C2(CC)CCCC(C)=N2)c1)c1cnc(C)cn1. The van der Waals surface area contributed by atoms with Gasteiger partial charge in [0.05, 0.1) is 23.1 Å². The predicted octanol–water partition coefficient (Wildman–Crippen LogP) is 5.43. The molecule has 3 rings (SSSR count). The molecule has 1 N–H and O–H groups in total. The lowest BCUT2D eigenvalue weighted by molar-refractivity contribution is 0.371. The molecule has 4 heteroatoms. The highest BCUT2D eigenvalue weighted by Crippen LogP contribution is 2.41. The van der Waals surface area contributed by atoms with Gasteiger partial charge < -0.3 is 5.32 Å². The second kappa shape index (κ2) is 7.40. The Bertz CT molecular complexity index is 836. The summed E-state index contributed by atoms with van der Waals surface area (Å²) in [5, 5.41) is 3.39. The normalized spacial score (nSPS) is 19.8. The third-order valence-electron chi connectivity index (χ3n) is 5.24. The Hall–Kier alpha value is -2.49. The third-order valence-corrected chi connectivity index (χ3v) is 5.24. The molecule has 26 heavy (non-hydrogen) atoms. The number of aromatic nitrogens is 2. The van der Waals surface area contributed by atoms with Crippen molar-refractivity contribution in [1.29, 1.82) is 0 Å². The summed E-state index contributed by atoms with van der Waals surface area (Å²) in [7, 11) is 0. The predicted molar refractivity (Wildman–Crippen MR) is 110 cm³/mol. The number of rotatable bonds is 5. The van der Waals surface area contributed by atoms with E-state index in [4.69, 9.17) is 4.99 Å². The number of nitrogens with one attached hydrogen (secondary N) is 1. The average molecular weight is 348 g/mol. The Kier molecular flexibility index (Phi) is 5.21. The number of hydrogen-bond acceptors (Lipinski definition) is 4. The molecule has 0 radical (unpaired) electrons. The first-order chi connectivity index (χ1) is 12.4. The fraction of sp³-hybridized carbons (Fsp3) is 0.409. The average Bonchev–Trinajstić information content (AvgIpc) is 2.63. The van der Waals surface area contributed by atoms with Crippen LogP contribution in [0.15, 0.2) is 42.2 Å². The van der Waals surface area contributed by atoms with Crippen LogP contribution in [-0.2, 0) is 5.54 Å². The Morgan fingerprint density at radius 2 is 2.00 bits per heavy atom. The molecule has 0 fully saturated rings. The summed E-state index contributed by atoms with van der Waals surface area (Å²) in [5.41, 5.74) is 7.18. The van der Waals surface area contributed by atoms with Gasteiger partial charge in [-0.1, -0.05) is 19.6 Å². The molecule has 1 unspecified atom stereocenters. The summed E-state index contributed by atoms with van der Waals surface area (Å²) in [6.07, 6.45) is 7.94. The van der Waals surface area contributed by atoms with Crippen molar-refractivity contribution in [3.8, 4) is 0 Å². The minimum Gasteiger partial charge on any atom is -0.354 e. The van der Waals surface area contributed by atoms with Gasteiger partial charge in [0.2, 0.25) is 0 Å². The van der Waals surface area contributed by atoms with E-state index in [9.17, 15) is 0 Å². The molecule has 1 aromatic carbocycles. The van der Waals surface area contributed by atoms with Crippen molar-refractivity contribution in [3.63, 3.8) is 0 Å². The van der Waals surface area contributed by atoms with Crippen LogP contribution in [-0.4, -0.2) is 15.7 Å². The van der Waals surface area contributed by atoms with Gasteiger partial charge in [-0.3, -0.25) is 15.0 Å². The zero-order chi connectivity index (χ0) is 18.7. The Morgan fingerprint density at radius 3 is 2.65 bits per heavy atom. The number of nitrogens with zero attached hydrogens (tertiary/aromatic N) is 3. The molecule has 1 aliphatic heterocycles. The van der Waals surface area contributed by atoms with Crippen LogP contribution < -0.4 is 5.32 Å². The largest absolute Gasteiger partial charge is 0.354 e. The van der Waals surface area contributed by atoms with Crippen molar-refractivity contribution in [3.05, 3.63) is 59.7 Å². The lowest BCUT2D eigenvalue weighted by Crippen LogP contribution is -2.28. The maximum Gasteiger partial charge on any atom is 0.104 e. The first-order valence-corrected chi connectivity index (χ1v) is 9.35. The maximum atomic E-state index is 5.10. The highest BCUT2D eigenvalue weighted by atomic mass is 14.9. The van der Waals surface area contributed by atoms with Crippen LogP contribution in [0.3, 0.4) is 0 Å². The van der Waals surface area contributed by atoms with Crippen LogP contribution in [0.4, 0.5) is 5.69 Å². The molecule has 0 spiro atoms. The molecule has 0 saturated heterocycles. The quantitative estimate of drug-likeness (QED) is 0.784. The number of anilines is 1. The van der Waals surface area contributed by atoms with Gasteiger partial charge >= 0.3 is 0 Å². The number of benzene rings is 1. The van der Waals surface area contributed by atoms with Crippen LogP contribution >= 0.6 is 0 Å². The third kappa shape index (κ3) is 3.69. The van der Waals surface area contributed by atoms with Crippen LogP contribution in [0, 0.1) is 13.8 Å². The number of hydrogen-bond donors (Lipinski definition) is 1. The molecule has 2 heterocycles. The van der Waals surface area contributed by atoms with E-state index in [2.05, 4.69) is 60.8 Å². The van der Waals surface area contributed by atoms with Gasteiger partial charge in [0, 0.05) is 17.6 Å². The van der Waals surface area contributed by atoms with E-state index in [-0.39, 0.29) is 5.54 Å². The van der Waals surface area contributed by atoms with Gasteiger partial charge in [0.1, 0.15) is 5.69 Å². The van der Waals surface area contributed by atoms with Gasteiger partial charge in [-0.05, 0) is 69.7 Å². The minimum atomic E-state index is -0.102. The zero-order valence-electron chi connectivity index (χ0n) is 16.3. The van der Waals surface area contributed by atoms with Crippen molar-refractivity contribution in [2.45, 2.75) is 58.9 Å². The standard InChI is InChI=1S/C22H28N4/c1-6-22(11-7-8-16(3)26-22)20-12-19(10-9-15(20)2)25-18(5)21-14-23-17(4)13-24-21/h9-10,12-14,25H,5-8,11H2,1-4H3.